The molecule has 0 spiro atoms. The number of rotatable bonds is 17. The second kappa shape index (κ2) is 19.1. The number of nitrogens with one attached hydrogen (secondary N) is 3. The standard InChI is InChI=1S/C21H31N3O2.C16H20BrNO2/c1-24-14-13-22-15-17(24)11-7-5-3-2-4-6-9-16-10-8-12-18-19(16)21(26)23-20(18)25;17-11-6-4-2-1-3-5-8-12-9-7-10-13-14(12)16(20)18-15(13)19/h8,10,12,17,22H,2-7,9,11,13-15H2,1H3,(H,23,25,26);7,9-10H,1-6,8,11H2,(H,18,19,20). The lowest BCUT2D eigenvalue weighted by Crippen LogP contribution is -2.49. The van der Waals surface area contributed by atoms with Crippen molar-refractivity contribution < 1.29 is 19.2 Å². The molecule has 8 nitrogen and oxygen atoms in total. The van der Waals surface area contributed by atoms with Crippen LogP contribution in [-0.4, -0.2) is 66.6 Å². The molecule has 0 aliphatic carbocycles. The summed E-state index contributed by atoms with van der Waals surface area (Å²) in [5, 5.41) is 9.33. The molecule has 2 aromatic carbocycles. The van der Waals surface area contributed by atoms with Gasteiger partial charge in [-0.15, -0.1) is 0 Å². The smallest absolute Gasteiger partial charge is 0.259 e. The van der Waals surface area contributed by atoms with E-state index in [-0.39, 0.29) is 23.6 Å². The van der Waals surface area contributed by atoms with Gasteiger partial charge >= 0.3 is 0 Å². The van der Waals surface area contributed by atoms with Crippen molar-refractivity contribution in [2.75, 3.05) is 32.0 Å². The number of unbranched alkanes of at least 4 members (excludes halogenated alkanes) is 10. The van der Waals surface area contributed by atoms with Crippen LogP contribution >= 0.6 is 15.9 Å². The summed E-state index contributed by atoms with van der Waals surface area (Å²) in [5.41, 5.74) is 4.28. The molecule has 3 N–H and O–H groups in total. The van der Waals surface area contributed by atoms with Crippen LogP contribution in [0.3, 0.4) is 0 Å². The number of likely N-dealkylation sites (N-methyl/N-ethyl adjacent to an activating group) is 1. The summed E-state index contributed by atoms with van der Waals surface area (Å²) in [7, 11) is 2.24. The van der Waals surface area contributed by atoms with Gasteiger partial charge in [-0.3, -0.25) is 29.8 Å². The topological polar surface area (TPSA) is 108 Å². The molecule has 1 atom stereocenters. The van der Waals surface area contributed by atoms with Crippen LogP contribution in [-0.2, 0) is 12.8 Å². The number of alkyl halides is 1. The van der Waals surface area contributed by atoms with Gasteiger partial charge < -0.3 is 10.2 Å². The Hall–Kier alpha value is -2.88. The number of nitrogens with zero attached hydrogens (tertiary/aromatic N) is 1. The van der Waals surface area contributed by atoms with E-state index in [9.17, 15) is 19.2 Å². The van der Waals surface area contributed by atoms with Gasteiger partial charge in [0.25, 0.3) is 23.6 Å². The molecule has 0 bridgehead atoms. The number of hydrogen-bond donors (Lipinski definition) is 3. The number of benzene rings is 2. The highest BCUT2D eigenvalue weighted by Gasteiger charge is 2.29. The Bertz CT molecular complexity index is 1350. The molecule has 250 valence electrons. The van der Waals surface area contributed by atoms with Crippen LogP contribution < -0.4 is 16.0 Å². The maximum absolute atomic E-state index is 11.9. The Kier molecular flexibility index (Phi) is 14.9. The summed E-state index contributed by atoms with van der Waals surface area (Å²) in [5.74, 6) is -0.993. The average Bonchev–Trinajstić information content (AvgIpc) is 3.52. The van der Waals surface area contributed by atoms with E-state index in [0.717, 1.165) is 61.8 Å². The molecule has 0 aromatic heterocycles. The van der Waals surface area contributed by atoms with Gasteiger partial charge in [0.2, 0.25) is 0 Å². The molecule has 0 radical (unpaired) electrons. The van der Waals surface area contributed by atoms with E-state index in [4.69, 9.17) is 0 Å². The van der Waals surface area contributed by atoms with Crippen LogP contribution in [0.2, 0.25) is 0 Å². The fourth-order valence-corrected chi connectivity index (χ4v) is 7.10. The number of fused-ring (bicyclic) bond motifs is 2. The highest BCUT2D eigenvalue weighted by molar-refractivity contribution is 9.09. The fourth-order valence-electron chi connectivity index (χ4n) is 6.70. The molecule has 4 amide bonds. The maximum atomic E-state index is 11.9. The minimum Gasteiger partial charge on any atom is -0.314 e. The fraction of sp³-hybridized carbons (Fsp3) is 0.568. The number of imide groups is 2. The van der Waals surface area contributed by atoms with Crippen molar-refractivity contribution >= 4 is 39.6 Å². The predicted octanol–water partition coefficient (Wildman–Crippen LogP) is 6.60. The summed E-state index contributed by atoms with van der Waals surface area (Å²) in [6, 6.07) is 11.8. The third-order valence-electron chi connectivity index (χ3n) is 9.41. The lowest BCUT2D eigenvalue weighted by Gasteiger charge is -2.33. The molecule has 2 aromatic rings. The highest BCUT2D eigenvalue weighted by Crippen LogP contribution is 2.23. The third kappa shape index (κ3) is 10.3. The molecule has 1 fully saturated rings. The van der Waals surface area contributed by atoms with Crippen LogP contribution in [0.4, 0.5) is 0 Å². The van der Waals surface area contributed by atoms with Gasteiger partial charge in [-0.05, 0) is 68.8 Å². The molecule has 46 heavy (non-hydrogen) atoms. The van der Waals surface area contributed by atoms with E-state index in [0.29, 0.717) is 28.3 Å². The summed E-state index contributed by atoms with van der Waals surface area (Å²) in [6.45, 7) is 3.42. The first-order valence-corrected chi connectivity index (χ1v) is 18.4. The van der Waals surface area contributed by atoms with E-state index in [1.807, 2.05) is 24.3 Å². The Morgan fingerprint density at radius 2 is 1.13 bits per heavy atom. The second-order valence-electron chi connectivity index (χ2n) is 12.8. The van der Waals surface area contributed by atoms with Crippen molar-refractivity contribution in [3.63, 3.8) is 0 Å². The minimum absolute atomic E-state index is 0.234. The lowest BCUT2D eigenvalue weighted by atomic mass is 9.97. The monoisotopic (exact) mass is 694 g/mol. The third-order valence-corrected chi connectivity index (χ3v) is 9.97. The van der Waals surface area contributed by atoms with E-state index in [1.54, 1.807) is 12.1 Å². The van der Waals surface area contributed by atoms with E-state index >= 15 is 0 Å². The molecule has 1 unspecified atom stereocenters. The quantitative estimate of drug-likeness (QED) is 0.0979. The molecule has 9 heteroatoms. The average molecular weight is 696 g/mol. The van der Waals surface area contributed by atoms with Gasteiger partial charge in [0.15, 0.2) is 0 Å². The zero-order valence-electron chi connectivity index (χ0n) is 27.4. The largest absolute Gasteiger partial charge is 0.314 e. The van der Waals surface area contributed by atoms with Crippen molar-refractivity contribution in [1.82, 2.24) is 20.9 Å². The molecule has 1 saturated heterocycles. The van der Waals surface area contributed by atoms with Crippen LogP contribution in [0.5, 0.6) is 0 Å². The first-order valence-electron chi connectivity index (χ1n) is 17.3. The van der Waals surface area contributed by atoms with Crippen molar-refractivity contribution in [2.45, 2.75) is 102 Å². The van der Waals surface area contributed by atoms with Crippen LogP contribution in [0, 0.1) is 0 Å². The SMILES string of the molecule is CN1CCNCC1CCCCCCCCc1cccc2c1C(=O)NC2=O.O=C1NC(=O)c2c(CCCCCCCCBr)cccc21. The van der Waals surface area contributed by atoms with E-state index in [2.05, 4.69) is 43.8 Å². The van der Waals surface area contributed by atoms with Crippen molar-refractivity contribution in [2.24, 2.45) is 0 Å². The first-order chi connectivity index (χ1) is 22.4. The summed E-state index contributed by atoms with van der Waals surface area (Å²) < 4.78 is 0. The molecular formula is C37H51BrN4O4. The molecule has 3 heterocycles. The van der Waals surface area contributed by atoms with Crippen molar-refractivity contribution in [3.05, 3.63) is 69.8 Å². The van der Waals surface area contributed by atoms with Gasteiger partial charge in [0, 0.05) is 31.0 Å². The zero-order chi connectivity index (χ0) is 32.7. The Morgan fingerprint density at radius 3 is 1.63 bits per heavy atom. The lowest BCUT2D eigenvalue weighted by molar-refractivity contribution is 0.0862. The summed E-state index contributed by atoms with van der Waals surface area (Å²) >= 11 is 3.44. The molecule has 0 saturated carbocycles. The molecular weight excluding hydrogens is 644 g/mol. The first kappa shape index (κ1) is 36.0. The van der Waals surface area contributed by atoms with Crippen LogP contribution in [0.15, 0.2) is 36.4 Å². The normalized spacial score (nSPS) is 17.3. The number of amides is 4. The maximum Gasteiger partial charge on any atom is 0.259 e. The minimum atomic E-state index is -0.262. The number of carbonyl (C=O) groups is 4. The van der Waals surface area contributed by atoms with Gasteiger partial charge in [-0.1, -0.05) is 98.0 Å². The number of hydrogen-bond acceptors (Lipinski definition) is 6. The van der Waals surface area contributed by atoms with Crippen LogP contribution in [0.1, 0.15) is 136 Å². The van der Waals surface area contributed by atoms with E-state index < -0.39 is 0 Å². The van der Waals surface area contributed by atoms with Crippen molar-refractivity contribution in [3.8, 4) is 0 Å². The van der Waals surface area contributed by atoms with Gasteiger partial charge in [0.1, 0.15) is 0 Å². The van der Waals surface area contributed by atoms with Crippen molar-refractivity contribution in [1.29, 1.82) is 0 Å². The number of carbonyl (C=O) groups excluding carboxylic acids is 4. The molecule has 3 aliphatic heterocycles. The number of aryl methyl sites for hydroxylation is 2. The Labute approximate surface area is 283 Å². The second-order valence-corrected chi connectivity index (χ2v) is 13.6. The van der Waals surface area contributed by atoms with Gasteiger partial charge in [0.05, 0.1) is 22.3 Å². The summed E-state index contributed by atoms with van der Waals surface area (Å²) in [6.07, 6.45) is 17.8. The Morgan fingerprint density at radius 1 is 0.652 bits per heavy atom. The molecule has 3 aliphatic rings. The van der Waals surface area contributed by atoms with Gasteiger partial charge in [-0.2, -0.15) is 0 Å². The number of halogens is 1. The molecule has 5 rings (SSSR count). The van der Waals surface area contributed by atoms with E-state index in [1.165, 1.54) is 70.6 Å². The Balaban J connectivity index is 0.000000216. The predicted molar refractivity (Wildman–Crippen MR) is 187 cm³/mol. The number of piperazine rings is 1. The zero-order valence-corrected chi connectivity index (χ0v) is 29.0. The highest BCUT2D eigenvalue weighted by atomic mass is 79.9. The van der Waals surface area contributed by atoms with Crippen LogP contribution in [0.25, 0.3) is 0 Å². The van der Waals surface area contributed by atoms with Gasteiger partial charge in [-0.25, -0.2) is 0 Å². The summed E-state index contributed by atoms with van der Waals surface area (Å²) in [4.78, 5) is 49.4.